The average Bonchev–Trinajstić information content (AvgIpc) is 2.98. The van der Waals surface area contributed by atoms with E-state index in [4.69, 9.17) is 14.2 Å². The number of anilines is 1. The molecule has 25 heavy (non-hydrogen) atoms. The summed E-state index contributed by atoms with van der Waals surface area (Å²) in [5, 5.41) is 2.64. The molecule has 1 aromatic carbocycles. The van der Waals surface area contributed by atoms with Gasteiger partial charge >= 0.3 is 6.18 Å². The number of methoxy groups -OCH3 is 3. The summed E-state index contributed by atoms with van der Waals surface area (Å²) >= 11 is 0. The number of nitrogens with zero attached hydrogens (tertiary/aromatic N) is 1. The molecule has 1 fully saturated rings. The number of ether oxygens (including phenoxy) is 3. The molecule has 9 heteroatoms. The van der Waals surface area contributed by atoms with Crippen LogP contribution in [0.15, 0.2) is 18.2 Å². The van der Waals surface area contributed by atoms with Gasteiger partial charge in [-0.05, 0) is 18.6 Å². The van der Waals surface area contributed by atoms with E-state index < -0.39 is 17.7 Å². The van der Waals surface area contributed by atoms with Crippen molar-refractivity contribution in [2.24, 2.45) is 0 Å². The van der Waals surface area contributed by atoms with Crippen LogP contribution in [0.2, 0.25) is 0 Å². The summed E-state index contributed by atoms with van der Waals surface area (Å²) in [5.74, 6) is 0.535. The lowest BCUT2D eigenvalue weighted by molar-refractivity contribution is -0.263. The molecule has 140 valence electrons. The van der Waals surface area contributed by atoms with Gasteiger partial charge in [-0.3, -0.25) is 9.69 Å². The highest BCUT2D eigenvalue weighted by Gasteiger charge is 2.58. The topological polar surface area (TPSA) is 60.0 Å². The molecule has 1 atom stereocenters. The Morgan fingerprint density at radius 1 is 1.24 bits per heavy atom. The van der Waals surface area contributed by atoms with E-state index in [0.717, 1.165) is 7.11 Å². The Balaban J connectivity index is 1.98. The van der Waals surface area contributed by atoms with Crippen molar-refractivity contribution in [3.05, 3.63) is 18.2 Å². The molecule has 1 aliphatic rings. The van der Waals surface area contributed by atoms with Crippen molar-refractivity contribution in [2.75, 3.05) is 46.3 Å². The number of carbonyl (C=O) groups is 1. The molecule has 0 bridgehead atoms. The van der Waals surface area contributed by atoms with Crippen LogP contribution in [0.1, 0.15) is 6.42 Å². The average molecular weight is 362 g/mol. The van der Waals surface area contributed by atoms with Crippen molar-refractivity contribution in [1.82, 2.24) is 4.90 Å². The van der Waals surface area contributed by atoms with E-state index in [2.05, 4.69) is 5.32 Å². The van der Waals surface area contributed by atoms with Gasteiger partial charge in [0.1, 0.15) is 0 Å². The first-order valence-electron chi connectivity index (χ1n) is 7.61. The Bertz CT molecular complexity index is 624. The summed E-state index contributed by atoms with van der Waals surface area (Å²) in [6, 6.07) is 4.83. The Kier molecular flexibility index (Phi) is 5.79. The predicted octanol–water partition coefficient (Wildman–Crippen LogP) is 2.30. The molecule has 1 aromatic rings. The number of rotatable bonds is 6. The van der Waals surface area contributed by atoms with Gasteiger partial charge in [-0.2, -0.15) is 13.2 Å². The van der Waals surface area contributed by atoms with E-state index in [1.54, 1.807) is 18.2 Å². The largest absolute Gasteiger partial charge is 0.493 e. The third-order valence-corrected chi connectivity index (χ3v) is 4.25. The minimum Gasteiger partial charge on any atom is -0.493 e. The summed E-state index contributed by atoms with van der Waals surface area (Å²) in [6.45, 7) is -0.394. The fraction of sp³-hybridized carbons (Fsp3) is 0.562. The lowest BCUT2D eigenvalue weighted by Crippen LogP contribution is -2.49. The molecule has 0 aliphatic carbocycles. The minimum absolute atomic E-state index is 0.132. The molecular weight excluding hydrogens is 341 g/mol. The molecule has 0 aromatic heterocycles. The first-order chi connectivity index (χ1) is 11.7. The number of likely N-dealkylation sites (tertiary alicyclic amines) is 1. The zero-order valence-corrected chi connectivity index (χ0v) is 14.3. The van der Waals surface area contributed by atoms with Crippen LogP contribution in [0.25, 0.3) is 0 Å². The monoisotopic (exact) mass is 362 g/mol. The van der Waals surface area contributed by atoms with E-state index in [1.807, 2.05) is 0 Å². The molecule has 1 N–H and O–H groups in total. The first-order valence-corrected chi connectivity index (χ1v) is 7.61. The van der Waals surface area contributed by atoms with Gasteiger partial charge in [0.05, 0.1) is 20.8 Å². The van der Waals surface area contributed by atoms with Crippen molar-refractivity contribution in [3.8, 4) is 11.5 Å². The zero-order valence-electron chi connectivity index (χ0n) is 14.3. The number of hydrogen-bond acceptors (Lipinski definition) is 5. The normalized spacial score (nSPS) is 21.2. The molecule has 2 rings (SSSR count). The van der Waals surface area contributed by atoms with E-state index in [-0.39, 0.29) is 26.1 Å². The summed E-state index contributed by atoms with van der Waals surface area (Å²) in [5.41, 5.74) is -1.74. The van der Waals surface area contributed by atoms with Crippen molar-refractivity contribution in [2.45, 2.75) is 18.2 Å². The number of alkyl halides is 3. The quantitative estimate of drug-likeness (QED) is 0.842. The lowest BCUT2D eigenvalue weighted by Gasteiger charge is -2.30. The first kappa shape index (κ1) is 19.3. The zero-order chi connectivity index (χ0) is 18.7. The number of benzene rings is 1. The summed E-state index contributed by atoms with van der Waals surface area (Å²) in [4.78, 5) is 13.5. The van der Waals surface area contributed by atoms with E-state index in [0.29, 0.717) is 17.2 Å². The van der Waals surface area contributed by atoms with Gasteiger partial charge in [0.15, 0.2) is 17.1 Å². The molecule has 6 nitrogen and oxygen atoms in total. The number of nitrogens with one attached hydrogen (secondary N) is 1. The van der Waals surface area contributed by atoms with Crippen LogP contribution in [-0.4, -0.2) is 63.5 Å². The standard InChI is InChI=1S/C16H21F3N2O4/c1-23-12-5-4-11(8-13(12)24-2)20-14(22)9-21-7-6-15(10-21,25-3)16(17,18)19/h4-5,8H,6-7,9-10H2,1-3H3,(H,20,22). The molecule has 0 spiro atoms. The molecule has 1 heterocycles. The van der Waals surface area contributed by atoms with Crippen LogP contribution < -0.4 is 14.8 Å². The second-order valence-corrected chi connectivity index (χ2v) is 5.77. The van der Waals surface area contributed by atoms with Gasteiger partial charge in [0.25, 0.3) is 0 Å². The fourth-order valence-electron chi connectivity index (χ4n) is 2.82. The van der Waals surface area contributed by atoms with Crippen molar-refractivity contribution in [1.29, 1.82) is 0 Å². The number of carbonyl (C=O) groups excluding carboxylic acids is 1. The lowest BCUT2D eigenvalue weighted by atomic mass is 10.0. The maximum Gasteiger partial charge on any atom is 0.418 e. The minimum atomic E-state index is -4.48. The SMILES string of the molecule is COc1ccc(NC(=O)CN2CCC(OC)(C(F)(F)F)C2)cc1OC. The Hall–Kier alpha value is -2.00. The molecule has 1 amide bonds. The number of halogens is 3. The second kappa shape index (κ2) is 7.49. The molecule has 1 unspecified atom stereocenters. The van der Waals surface area contributed by atoms with Crippen molar-refractivity contribution < 1.29 is 32.2 Å². The smallest absolute Gasteiger partial charge is 0.418 e. The van der Waals surface area contributed by atoms with Crippen molar-refractivity contribution >= 4 is 11.6 Å². The van der Waals surface area contributed by atoms with Gasteiger partial charge in [-0.1, -0.05) is 0 Å². The van der Waals surface area contributed by atoms with Crippen molar-refractivity contribution in [3.63, 3.8) is 0 Å². The predicted molar refractivity (Wildman–Crippen MR) is 85.0 cm³/mol. The Morgan fingerprint density at radius 2 is 1.92 bits per heavy atom. The van der Waals surface area contributed by atoms with Gasteiger partial charge in [-0.25, -0.2) is 0 Å². The fourth-order valence-corrected chi connectivity index (χ4v) is 2.82. The summed E-state index contributed by atoms with van der Waals surface area (Å²) < 4.78 is 54.4. The number of amides is 1. The van der Waals surface area contributed by atoms with Gasteiger partial charge in [0.2, 0.25) is 5.91 Å². The Labute approximate surface area is 143 Å². The highest BCUT2D eigenvalue weighted by molar-refractivity contribution is 5.92. The van der Waals surface area contributed by atoms with Crippen LogP contribution in [0.4, 0.5) is 18.9 Å². The van der Waals surface area contributed by atoms with E-state index in [9.17, 15) is 18.0 Å². The van der Waals surface area contributed by atoms with E-state index >= 15 is 0 Å². The highest BCUT2D eigenvalue weighted by Crippen LogP contribution is 2.40. The van der Waals surface area contributed by atoms with Crippen LogP contribution >= 0.6 is 0 Å². The summed E-state index contributed by atoms with van der Waals surface area (Å²) in [7, 11) is 4.00. The van der Waals surface area contributed by atoms with Gasteiger partial charge in [-0.15, -0.1) is 0 Å². The highest BCUT2D eigenvalue weighted by atomic mass is 19.4. The molecular formula is C16H21F3N2O4. The number of hydrogen-bond donors (Lipinski definition) is 1. The molecule has 0 saturated carbocycles. The van der Waals surface area contributed by atoms with Crippen LogP contribution in [0, 0.1) is 0 Å². The summed E-state index contributed by atoms with van der Waals surface area (Å²) in [6.07, 6.45) is -4.67. The van der Waals surface area contributed by atoms with Crippen LogP contribution in [0.3, 0.4) is 0 Å². The van der Waals surface area contributed by atoms with E-state index in [1.165, 1.54) is 19.1 Å². The van der Waals surface area contributed by atoms with Crippen LogP contribution in [0.5, 0.6) is 11.5 Å². The van der Waals surface area contributed by atoms with Gasteiger partial charge in [0, 0.05) is 32.0 Å². The molecule has 1 saturated heterocycles. The maximum absolute atomic E-state index is 13.2. The van der Waals surface area contributed by atoms with Crippen LogP contribution in [-0.2, 0) is 9.53 Å². The molecule has 0 radical (unpaired) electrons. The van der Waals surface area contributed by atoms with Gasteiger partial charge < -0.3 is 19.5 Å². The second-order valence-electron chi connectivity index (χ2n) is 5.77. The third kappa shape index (κ3) is 4.16. The maximum atomic E-state index is 13.2. The Morgan fingerprint density at radius 3 is 2.44 bits per heavy atom. The third-order valence-electron chi connectivity index (χ3n) is 4.25. The molecule has 1 aliphatic heterocycles.